The SMILES string of the molecule is Cc1nc(Nc2ncc(C)s2)cc([C@H]2CCCN2C(=O)c2ccccc2)n1. The molecule has 7 heteroatoms. The molecule has 138 valence electrons. The maximum atomic E-state index is 13.0. The lowest BCUT2D eigenvalue weighted by Crippen LogP contribution is -2.31. The third-order valence-electron chi connectivity index (χ3n) is 4.59. The number of carbonyl (C=O) groups excluding carboxylic acids is 1. The number of anilines is 2. The Balaban J connectivity index is 1.60. The minimum Gasteiger partial charge on any atom is -0.330 e. The van der Waals surface area contributed by atoms with Gasteiger partial charge in [0.2, 0.25) is 0 Å². The number of amides is 1. The van der Waals surface area contributed by atoms with Gasteiger partial charge in [-0.3, -0.25) is 4.79 Å². The average Bonchev–Trinajstić information content (AvgIpc) is 3.30. The van der Waals surface area contributed by atoms with E-state index >= 15 is 0 Å². The van der Waals surface area contributed by atoms with Crippen LogP contribution in [0.15, 0.2) is 42.6 Å². The second kappa shape index (κ2) is 7.44. The van der Waals surface area contributed by atoms with Crippen LogP contribution in [0.1, 0.15) is 45.6 Å². The van der Waals surface area contributed by atoms with Crippen LogP contribution in [0.25, 0.3) is 0 Å². The number of hydrogen-bond acceptors (Lipinski definition) is 6. The number of aryl methyl sites for hydroxylation is 2. The molecule has 27 heavy (non-hydrogen) atoms. The van der Waals surface area contributed by atoms with E-state index in [1.54, 1.807) is 11.3 Å². The van der Waals surface area contributed by atoms with E-state index in [4.69, 9.17) is 0 Å². The Morgan fingerprint density at radius 1 is 1.22 bits per heavy atom. The minimum absolute atomic E-state index is 0.0296. The molecule has 1 atom stereocenters. The first kappa shape index (κ1) is 17.6. The third-order valence-corrected chi connectivity index (χ3v) is 5.42. The molecule has 1 aliphatic heterocycles. The number of nitrogens with one attached hydrogen (secondary N) is 1. The summed E-state index contributed by atoms with van der Waals surface area (Å²) in [5.74, 6) is 1.45. The van der Waals surface area contributed by atoms with Gasteiger partial charge in [0, 0.05) is 29.2 Å². The minimum atomic E-state index is -0.0296. The highest BCUT2D eigenvalue weighted by Crippen LogP contribution is 2.33. The van der Waals surface area contributed by atoms with Crippen molar-refractivity contribution in [1.82, 2.24) is 19.9 Å². The summed E-state index contributed by atoms with van der Waals surface area (Å²) in [6.45, 7) is 4.64. The van der Waals surface area contributed by atoms with Gasteiger partial charge in [0.05, 0.1) is 11.7 Å². The summed E-state index contributed by atoms with van der Waals surface area (Å²) >= 11 is 1.58. The van der Waals surface area contributed by atoms with Crippen molar-refractivity contribution >= 4 is 28.2 Å². The molecule has 3 aromatic rings. The van der Waals surface area contributed by atoms with Crippen molar-refractivity contribution in [2.75, 3.05) is 11.9 Å². The highest BCUT2D eigenvalue weighted by Gasteiger charge is 2.32. The second-order valence-corrected chi connectivity index (χ2v) is 7.88. The second-order valence-electron chi connectivity index (χ2n) is 6.65. The fourth-order valence-electron chi connectivity index (χ4n) is 3.41. The lowest BCUT2D eigenvalue weighted by atomic mass is 10.1. The first-order valence-corrected chi connectivity index (χ1v) is 9.83. The molecule has 4 rings (SSSR count). The van der Waals surface area contributed by atoms with E-state index in [0.29, 0.717) is 17.2 Å². The monoisotopic (exact) mass is 379 g/mol. The van der Waals surface area contributed by atoms with Gasteiger partial charge in [-0.2, -0.15) is 0 Å². The molecule has 0 aliphatic carbocycles. The molecule has 1 aliphatic rings. The summed E-state index contributed by atoms with van der Waals surface area (Å²) in [6, 6.07) is 11.3. The van der Waals surface area contributed by atoms with Gasteiger partial charge in [0.1, 0.15) is 11.6 Å². The van der Waals surface area contributed by atoms with Gasteiger partial charge in [-0.15, -0.1) is 11.3 Å². The molecular weight excluding hydrogens is 358 g/mol. The number of carbonyl (C=O) groups is 1. The number of likely N-dealkylation sites (tertiary alicyclic amines) is 1. The Labute approximate surface area is 162 Å². The van der Waals surface area contributed by atoms with Crippen LogP contribution < -0.4 is 5.32 Å². The van der Waals surface area contributed by atoms with Crippen molar-refractivity contribution in [3.8, 4) is 0 Å². The van der Waals surface area contributed by atoms with Crippen LogP contribution in [0.2, 0.25) is 0 Å². The summed E-state index contributed by atoms with van der Waals surface area (Å²) in [7, 11) is 0. The van der Waals surface area contributed by atoms with Gasteiger partial charge in [-0.25, -0.2) is 15.0 Å². The van der Waals surface area contributed by atoms with E-state index < -0.39 is 0 Å². The van der Waals surface area contributed by atoms with Crippen LogP contribution in [-0.2, 0) is 0 Å². The number of aromatic nitrogens is 3. The van der Waals surface area contributed by atoms with Crippen molar-refractivity contribution in [2.45, 2.75) is 32.7 Å². The highest BCUT2D eigenvalue weighted by molar-refractivity contribution is 7.15. The molecule has 1 fully saturated rings. The van der Waals surface area contributed by atoms with Crippen LogP contribution in [0.3, 0.4) is 0 Å². The van der Waals surface area contributed by atoms with E-state index in [1.165, 1.54) is 0 Å². The summed E-state index contributed by atoms with van der Waals surface area (Å²) in [6.07, 6.45) is 3.71. The van der Waals surface area contributed by atoms with Crippen LogP contribution >= 0.6 is 11.3 Å². The number of hydrogen-bond donors (Lipinski definition) is 1. The average molecular weight is 379 g/mol. The topological polar surface area (TPSA) is 71.0 Å². The first-order chi connectivity index (χ1) is 13.1. The molecule has 0 unspecified atom stereocenters. The zero-order valence-corrected chi connectivity index (χ0v) is 16.2. The number of thiazole rings is 1. The molecule has 1 saturated heterocycles. The van der Waals surface area contributed by atoms with E-state index in [2.05, 4.69) is 20.3 Å². The fourth-order valence-corrected chi connectivity index (χ4v) is 4.08. The molecule has 0 saturated carbocycles. The fraction of sp³-hybridized carbons (Fsp3) is 0.300. The molecule has 1 aromatic carbocycles. The van der Waals surface area contributed by atoms with Crippen LogP contribution in [-0.4, -0.2) is 32.3 Å². The van der Waals surface area contributed by atoms with Gasteiger partial charge >= 0.3 is 0 Å². The third kappa shape index (κ3) is 3.83. The molecule has 6 nitrogen and oxygen atoms in total. The van der Waals surface area contributed by atoms with Crippen molar-refractivity contribution in [2.24, 2.45) is 0 Å². The molecule has 0 spiro atoms. The quantitative estimate of drug-likeness (QED) is 0.733. The van der Waals surface area contributed by atoms with Crippen molar-refractivity contribution in [3.63, 3.8) is 0 Å². The van der Waals surface area contributed by atoms with Crippen LogP contribution in [0.4, 0.5) is 10.9 Å². The summed E-state index contributed by atoms with van der Waals surface area (Å²) in [5.41, 5.74) is 1.59. The maximum Gasteiger partial charge on any atom is 0.254 e. The summed E-state index contributed by atoms with van der Waals surface area (Å²) in [4.78, 5) is 29.5. The lowest BCUT2D eigenvalue weighted by molar-refractivity contribution is 0.0732. The Hall–Kier alpha value is -2.80. The zero-order valence-electron chi connectivity index (χ0n) is 15.3. The lowest BCUT2D eigenvalue weighted by Gasteiger charge is -2.25. The molecule has 0 bridgehead atoms. The van der Waals surface area contributed by atoms with Crippen molar-refractivity contribution < 1.29 is 4.79 Å². The molecule has 1 N–H and O–H groups in total. The van der Waals surface area contributed by atoms with Gasteiger partial charge < -0.3 is 10.2 Å². The van der Waals surface area contributed by atoms with Crippen LogP contribution in [0, 0.1) is 13.8 Å². The number of nitrogens with zero attached hydrogens (tertiary/aromatic N) is 4. The predicted molar refractivity (Wildman–Crippen MR) is 106 cm³/mol. The zero-order chi connectivity index (χ0) is 18.8. The van der Waals surface area contributed by atoms with Crippen molar-refractivity contribution in [3.05, 3.63) is 64.6 Å². The van der Waals surface area contributed by atoms with E-state index in [0.717, 1.165) is 35.1 Å². The molecule has 1 amide bonds. The molecule has 0 radical (unpaired) electrons. The highest BCUT2D eigenvalue weighted by atomic mass is 32.1. The van der Waals surface area contributed by atoms with Gasteiger partial charge in [0.25, 0.3) is 5.91 Å². The smallest absolute Gasteiger partial charge is 0.254 e. The van der Waals surface area contributed by atoms with E-state index in [1.807, 2.05) is 61.3 Å². The Bertz CT molecular complexity index is 956. The molecule has 3 heterocycles. The first-order valence-electron chi connectivity index (χ1n) is 9.01. The van der Waals surface area contributed by atoms with Crippen LogP contribution in [0.5, 0.6) is 0 Å². The predicted octanol–water partition coefficient (Wildman–Crippen LogP) is 4.27. The normalized spacial score (nSPS) is 16.5. The van der Waals surface area contributed by atoms with Gasteiger partial charge in [-0.05, 0) is 38.8 Å². The van der Waals surface area contributed by atoms with Gasteiger partial charge in [0.15, 0.2) is 5.13 Å². The largest absolute Gasteiger partial charge is 0.330 e. The van der Waals surface area contributed by atoms with E-state index in [-0.39, 0.29) is 11.9 Å². The Morgan fingerprint density at radius 3 is 2.78 bits per heavy atom. The number of benzene rings is 1. The summed E-state index contributed by atoms with van der Waals surface area (Å²) in [5, 5.41) is 4.06. The van der Waals surface area contributed by atoms with Gasteiger partial charge in [-0.1, -0.05) is 18.2 Å². The van der Waals surface area contributed by atoms with Crippen molar-refractivity contribution in [1.29, 1.82) is 0 Å². The molecule has 2 aromatic heterocycles. The Kier molecular flexibility index (Phi) is 4.85. The number of rotatable bonds is 4. The standard InChI is InChI=1S/C20H21N5OS/c1-13-12-21-20(27-13)24-18-11-16(22-14(2)23-18)17-9-6-10-25(17)19(26)15-7-4-3-5-8-15/h3-5,7-8,11-12,17H,6,9-10H2,1-2H3,(H,21,22,23,24)/t17-/m1/s1. The summed E-state index contributed by atoms with van der Waals surface area (Å²) < 4.78 is 0. The maximum absolute atomic E-state index is 13.0. The van der Waals surface area contributed by atoms with E-state index in [9.17, 15) is 4.79 Å². The Morgan fingerprint density at radius 2 is 2.04 bits per heavy atom. The molecular formula is C20H21N5OS.